The standard InChI is InChI=1S/C9H17N5/c1-7-2-3-9(4-7,6-10)5-8-11-13-14-12-8/h7H,2-6,10H2,1H3,(H,11,12,13,14). The van der Waals surface area contributed by atoms with Crippen LogP contribution in [0.4, 0.5) is 0 Å². The van der Waals surface area contributed by atoms with E-state index in [-0.39, 0.29) is 5.41 Å². The molecule has 1 saturated carbocycles. The summed E-state index contributed by atoms with van der Waals surface area (Å²) in [7, 11) is 0. The van der Waals surface area contributed by atoms with Crippen LogP contribution in [0.2, 0.25) is 0 Å². The predicted molar refractivity (Wildman–Crippen MR) is 52.4 cm³/mol. The lowest BCUT2D eigenvalue weighted by molar-refractivity contribution is 0.289. The first-order valence-electron chi connectivity index (χ1n) is 5.16. The summed E-state index contributed by atoms with van der Waals surface area (Å²) < 4.78 is 0. The monoisotopic (exact) mass is 195 g/mol. The molecule has 1 aromatic heterocycles. The lowest BCUT2D eigenvalue weighted by Crippen LogP contribution is -2.30. The summed E-state index contributed by atoms with van der Waals surface area (Å²) in [4.78, 5) is 0. The molecule has 2 unspecified atom stereocenters. The fourth-order valence-corrected chi connectivity index (χ4v) is 2.51. The molecule has 0 radical (unpaired) electrons. The van der Waals surface area contributed by atoms with Gasteiger partial charge in [0.2, 0.25) is 0 Å². The molecule has 1 aliphatic carbocycles. The highest BCUT2D eigenvalue weighted by atomic mass is 15.5. The van der Waals surface area contributed by atoms with Crippen molar-refractivity contribution in [1.29, 1.82) is 0 Å². The molecule has 0 aromatic carbocycles. The van der Waals surface area contributed by atoms with E-state index in [1.165, 1.54) is 19.3 Å². The summed E-state index contributed by atoms with van der Waals surface area (Å²) in [6, 6.07) is 0. The van der Waals surface area contributed by atoms with Crippen LogP contribution in [0.15, 0.2) is 0 Å². The Morgan fingerprint density at radius 3 is 3.00 bits per heavy atom. The maximum Gasteiger partial charge on any atom is 0.175 e. The summed E-state index contributed by atoms with van der Waals surface area (Å²) in [5, 5.41) is 14.0. The van der Waals surface area contributed by atoms with Crippen LogP contribution in [0.1, 0.15) is 32.0 Å². The van der Waals surface area contributed by atoms with Crippen LogP contribution < -0.4 is 5.73 Å². The van der Waals surface area contributed by atoms with E-state index in [0.717, 1.165) is 24.7 Å². The number of hydrogen-bond acceptors (Lipinski definition) is 4. The van der Waals surface area contributed by atoms with Crippen molar-refractivity contribution in [2.24, 2.45) is 17.1 Å². The molecule has 0 spiro atoms. The minimum absolute atomic E-state index is 0.225. The molecule has 5 heteroatoms. The summed E-state index contributed by atoms with van der Waals surface area (Å²) in [6.45, 7) is 3.01. The molecular weight excluding hydrogens is 178 g/mol. The molecule has 3 N–H and O–H groups in total. The van der Waals surface area contributed by atoms with Crippen molar-refractivity contribution in [3.63, 3.8) is 0 Å². The van der Waals surface area contributed by atoms with Gasteiger partial charge in [0.25, 0.3) is 0 Å². The Morgan fingerprint density at radius 2 is 2.50 bits per heavy atom. The highest BCUT2D eigenvalue weighted by Gasteiger charge is 2.37. The second-order valence-corrected chi connectivity index (χ2v) is 4.56. The van der Waals surface area contributed by atoms with Gasteiger partial charge in [0, 0.05) is 6.42 Å². The molecule has 1 fully saturated rings. The van der Waals surface area contributed by atoms with Gasteiger partial charge in [0.15, 0.2) is 5.82 Å². The fourth-order valence-electron chi connectivity index (χ4n) is 2.51. The average Bonchev–Trinajstić information content (AvgIpc) is 2.77. The minimum Gasteiger partial charge on any atom is -0.330 e. The third-order valence-corrected chi connectivity index (χ3v) is 3.30. The second kappa shape index (κ2) is 3.65. The Labute approximate surface area is 83.5 Å². The van der Waals surface area contributed by atoms with E-state index < -0.39 is 0 Å². The smallest absolute Gasteiger partial charge is 0.175 e. The van der Waals surface area contributed by atoms with Crippen LogP contribution in [0.5, 0.6) is 0 Å². The van der Waals surface area contributed by atoms with E-state index in [0.29, 0.717) is 0 Å². The van der Waals surface area contributed by atoms with E-state index in [9.17, 15) is 0 Å². The van der Waals surface area contributed by atoms with Crippen molar-refractivity contribution in [3.8, 4) is 0 Å². The van der Waals surface area contributed by atoms with Gasteiger partial charge in [0.05, 0.1) is 0 Å². The summed E-state index contributed by atoms with van der Waals surface area (Å²) >= 11 is 0. The van der Waals surface area contributed by atoms with Crippen LogP contribution in [0, 0.1) is 11.3 Å². The zero-order chi connectivity index (χ0) is 10.0. The molecule has 1 aliphatic rings. The first-order valence-corrected chi connectivity index (χ1v) is 5.16. The zero-order valence-corrected chi connectivity index (χ0v) is 8.53. The van der Waals surface area contributed by atoms with Crippen molar-refractivity contribution in [1.82, 2.24) is 20.6 Å². The predicted octanol–water partition coefficient (Wildman–Crippen LogP) is 0.507. The van der Waals surface area contributed by atoms with Gasteiger partial charge in [-0.15, -0.1) is 10.2 Å². The molecule has 2 atom stereocenters. The maximum absolute atomic E-state index is 5.86. The fraction of sp³-hybridized carbons (Fsp3) is 0.889. The number of nitrogens with one attached hydrogen (secondary N) is 1. The largest absolute Gasteiger partial charge is 0.330 e. The highest BCUT2D eigenvalue weighted by Crippen LogP contribution is 2.42. The third kappa shape index (κ3) is 1.77. The minimum atomic E-state index is 0.225. The number of nitrogens with two attached hydrogens (primary N) is 1. The van der Waals surface area contributed by atoms with Crippen molar-refractivity contribution in [3.05, 3.63) is 5.82 Å². The quantitative estimate of drug-likeness (QED) is 0.736. The highest BCUT2D eigenvalue weighted by molar-refractivity contribution is 4.95. The first-order chi connectivity index (χ1) is 6.74. The zero-order valence-electron chi connectivity index (χ0n) is 8.53. The van der Waals surface area contributed by atoms with Crippen molar-refractivity contribution < 1.29 is 0 Å². The van der Waals surface area contributed by atoms with Gasteiger partial charge in [-0.1, -0.05) is 18.6 Å². The Balaban J connectivity index is 2.06. The Kier molecular flexibility index (Phi) is 2.50. The SMILES string of the molecule is CC1CCC(CN)(Cc2nn[nH]n2)C1. The van der Waals surface area contributed by atoms with Crippen molar-refractivity contribution in [2.75, 3.05) is 6.54 Å². The molecule has 1 aromatic rings. The summed E-state index contributed by atoms with van der Waals surface area (Å²) in [6.07, 6.45) is 4.52. The van der Waals surface area contributed by atoms with Gasteiger partial charge in [-0.3, -0.25) is 0 Å². The van der Waals surface area contributed by atoms with E-state index in [1.807, 2.05) is 0 Å². The molecule has 0 bridgehead atoms. The van der Waals surface area contributed by atoms with Gasteiger partial charge in [0.1, 0.15) is 0 Å². The normalized spacial score (nSPS) is 32.3. The molecular formula is C9H17N5. The van der Waals surface area contributed by atoms with Gasteiger partial charge in [-0.2, -0.15) is 5.21 Å². The van der Waals surface area contributed by atoms with Crippen LogP contribution in [-0.4, -0.2) is 27.2 Å². The second-order valence-electron chi connectivity index (χ2n) is 4.56. The van der Waals surface area contributed by atoms with Crippen LogP contribution >= 0.6 is 0 Å². The number of rotatable bonds is 3. The molecule has 0 aliphatic heterocycles. The lowest BCUT2D eigenvalue weighted by atomic mass is 9.82. The molecule has 5 nitrogen and oxygen atoms in total. The van der Waals surface area contributed by atoms with Crippen LogP contribution in [0.25, 0.3) is 0 Å². The van der Waals surface area contributed by atoms with Crippen LogP contribution in [-0.2, 0) is 6.42 Å². The number of aromatic amines is 1. The Morgan fingerprint density at radius 1 is 1.64 bits per heavy atom. The number of H-pyrrole nitrogens is 1. The number of aromatic nitrogens is 4. The maximum atomic E-state index is 5.86. The van der Waals surface area contributed by atoms with Gasteiger partial charge in [-0.25, -0.2) is 0 Å². The van der Waals surface area contributed by atoms with Crippen LogP contribution in [0.3, 0.4) is 0 Å². The molecule has 14 heavy (non-hydrogen) atoms. The summed E-state index contributed by atoms with van der Waals surface area (Å²) in [5.74, 6) is 1.58. The molecule has 0 saturated heterocycles. The topological polar surface area (TPSA) is 80.5 Å². The van der Waals surface area contributed by atoms with Gasteiger partial charge >= 0.3 is 0 Å². The van der Waals surface area contributed by atoms with E-state index >= 15 is 0 Å². The average molecular weight is 195 g/mol. The van der Waals surface area contributed by atoms with E-state index in [4.69, 9.17) is 5.73 Å². The number of hydrogen-bond donors (Lipinski definition) is 2. The van der Waals surface area contributed by atoms with Gasteiger partial charge < -0.3 is 5.73 Å². The van der Waals surface area contributed by atoms with Crippen molar-refractivity contribution >= 4 is 0 Å². The molecule has 78 valence electrons. The molecule has 0 amide bonds. The first kappa shape index (κ1) is 9.58. The van der Waals surface area contributed by atoms with E-state index in [1.54, 1.807) is 0 Å². The Hall–Kier alpha value is -0.970. The number of nitrogens with zero attached hydrogens (tertiary/aromatic N) is 3. The lowest BCUT2D eigenvalue weighted by Gasteiger charge is -2.25. The van der Waals surface area contributed by atoms with E-state index in [2.05, 4.69) is 27.5 Å². The van der Waals surface area contributed by atoms with Crippen molar-refractivity contribution in [2.45, 2.75) is 32.6 Å². The molecule has 2 rings (SSSR count). The summed E-state index contributed by atoms with van der Waals surface area (Å²) in [5.41, 5.74) is 6.09. The number of tetrazole rings is 1. The van der Waals surface area contributed by atoms with Gasteiger partial charge in [-0.05, 0) is 30.7 Å². The Bertz CT molecular complexity index is 283. The molecule has 1 heterocycles. The third-order valence-electron chi connectivity index (χ3n) is 3.30.